The number of hydrogen-bond donors (Lipinski definition) is 0. The van der Waals surface area contributed by atoms with Gasteiger partial charge in [-0.2, -0.15) is 0 Å². The molecule has 0 N–H and O–H groups in total. The van der Waals surface area contributed by atoms with E-state index in [0.29, 0.717) is 17.0 Å². The highest BCUT2D eigenvalue weighted by molar-refractivity contribution is 5.96. The van der Waals surface area contributed by atoms with E-state index >= 15 is 0 Å². The number of carbonyl (C=O) groups is 2. The van der Waals surface area contributed by atoms with Crippen molar-refractivity contribution in [3.8, 4) is 22.5 Å². The first-order valence-electron chi connectivity index (χ1n) is 8.02. The van der Waals surface area contributed by atoms with Crippen molar-refractivity contribution >= 4 is 11.6 Å². The minimum Gasteiger partial charge on any atom is -0.295 e. The van der Waals surface area contributed by atoms with Crippen molar-refractivity contribution in [2.24, 2.45) is 0 Å². The normalized spacial score (nSPS) is 10.5. The summed E-state index contributed by atoms with van der Waals surface area (Å²) in [5.41, 5.74) is 4.52. The molecule has 0 aliphatic rings. The summed E-state index contributed by atoms with van der Waals surface area (Å²) in [6, 6.07) is 16.7. The second-order valence-electron chi connectivity index (χ2n) is 5.96. The van der Waals surface area contributed by atoms with Gasteiger partial charge in [-0.25, -0.2) is 9.97 Å². The molecule has 1 heterocycles. The van der Waals surface area contributed by atoms with Crippen molar-refractivity contribution < 1.29 is 9.59 Å². The number of aryl methyl sites for hydroxylation is 1. The largest absolute Gasteiger partial charge is 0.295 e. The average molecular weight is 330 g/mol. The lowest BCUT2D eigenvalue weighted by molar-refractivity contribution is 0.100. The number of Topliss-reactive ketones (excluding diaryl/α,β-unsaturated/α-hetero) is 2. The molecule has 0 fully saturated rings. The summed E-state index contributed by atoms with van der Waals surface area (Å²) in [7, 11) is 0. The Bertz CT molecular complexity index is 901. The Balaban J connectivity index is 2.10. The van der Waals surface area contributed by atoms with Gasteiger partial charge in [-0.1, -0.05) is 36.4 Å². The lowest BCUT2D eigenvalue weighted by Crippen LogP contribution is -1.98. The molecule has 2 aromatic carbocycles. The molecule has 124 valence electrons. The number of carbonyl (C=O) groups excluding carboxylic acids is 2. The summed E-state index contributed by atoms with van der Waals surface area (Å²) >= 11 is 0. The van der Waals surface area contributed by atoms with Gasteiger partial charge in [0.15, 0.2) is 11.6 Å². The zero-order valence-electron chi connectivity index (χ0n) is 14.4. The molecule has 0 saturated carbocycles. The Labute approximate surface area is 146 Å². The third-order valence-electron chi connectivity index (χ3n) is 3.97. The quantitative estimate of drug-likeness (QED) is 0.660. The number of ketones is 2. The zero-order valence-corrected chi connectivity index (χ0v) is 14.4. The summed E-state index contributed by atoms with van der Waals surface area (Å²) in [6.07, 6.45) is 0. The van der Waals surface area contributed by atoms with Crippen LogP contribution < -0.4 is 0 Å². The minimum atomic E-state index is 0.0158. The van der Waals surface area contributed by atoms with Crippen LogP contribution in [0.15, 0.2) is 54.6 Å². The van der Waals surface area contributed by atoms with Gasteiger partial charge in [-0.3, -0.25) is 9.59 Å². The van der Waals surface area contributed by atoms with Crippen LogP contribution in [0.4, 0.5) is 0 Å². The Morgan fingerprint density at radius 3 is 1.56 bits per heavy atom. The maximum Gasteiger partial charge on any atom is 0.159 e. The van der Waals surface area contributed by atoms with Crippen LogP contribution in [-0.2, 0) is 0 Å². The predicted molar refractivity (Wildman–Crippen MR) is 97.7 cm³/mol. The molecule has 4 nitrogen and oxygen atoms in total. The molecule has 1 aromatic heterocycles. The van der Waals surface area contributed by atoms with E-state index in [2.05, 4.69) is 9.97 Å². The maximum atomic E-state index is 11.6. The van der Waals surface area contributed by atoms with Crippen molar-refractivity contribution in [3.63, 3.8) is 0 Å². The number of aromatic nitrogens is 2. The standard InChI is InChI=1S/C21H18N2O2/c1-13(24)16-6-4-8-18(10-16)20-12-21(23-15(3)22-20)19-9-5-7-17(11-19)14(2)25/h4-12H,1-3H3. The fraction of sp³-hybridized carbons (Fsp3) is 0.143. The average Bonchev–Trinajstić information content (AvgIpc) is 2.61. The van der Waals surface area contributed by atoms with Gasteiger partial charge in [0.05, 0.1) is 11.4 Å². The van der Waals surface area contributed by atoms with Crippen LogP contribution >= 0.6 is 0 Å². The Morgan fingerprint density at radius 2 is 1.16 bits per heavy atom. The van der Waals surface area contributed by atoms with Crippen molar-refractivity contribution in [2.45, 2.75) is 20.8 Å². The van der Waals surface area contributed by atoms with E-state index in [9.17, 15) is 9.59 Å². The highest BCUT2D eigenvalue weighted by atomic mass is 16.1. The third-order valence-corrected chi connectivity index (χ3v) is 3.97. The second-order valence-corrected chi connectivity index (χ2v) is 5.96. The summed E-state index contributed by atoms with van der Waals surface area (Å²) < 4.78 is 0. The topological polar surface area (TPSA) is 59.9 Å². The molecule has 0 atom stereocenters. The molecule has 0 saturated heterocycles. The van der Waals surface area contributed by atoms with Crippen molar-refractivity contribution in [1.29, 1.82) is 0 Å². The molecular weight excluding hydrogens is 312 g/mol. The first kappa shape index (κ1) is 16.7. The van der Waals surface area contributed by atoms with Crippen molar-refractivity contribution in [3.05, 3.63) is 71.5 Å². The summed E-state index contributed by atoms with van der Waals surface area (Å²) in [5, 5.41) is 0. The maximum absolute atomic E-state index is 11.6. The smallest absolute Gasteiger partial charge is 0.159 e. The fourth-order valence-corrected chi connectivity index (χ4v) is 2.66. The van der Waals surface area contributed by atoms with Gasteiger partial charge in [-0.05, 0) is 39.0 Å². The van der Waals surface area contributed by atoms with Crippen LogP contribution in [0.1, 0.15) is 40.4 Å². The van der Waals surface area contributed by atoms with Crippen LogP contribution in [0.5, 0.6) is 0 Å². The lowest BCUT2D eigenvalue weighted by Gasteiger charge is -2.08. The number of rotatable bonds is 4. The Morgan fingerprint density at radius 1 is 0.720 bits per heavy atom. The highest BCUT2D eigenvalue weighted by Gasteiger charge is 2.10. The van der Waals surface area contributed by atoms with Gasteiger partial charge in [0.25, 0.3) is 0 Å². The molecule has 3 aromatic rings. The lowest BCUT2D eigenvalue weighted by atomic mass is 10.0. The number of nitrogens with zero attached hydrogens (tertiary/aromatic N) is 2. The number of hydrogen-bond acceptors (Lipinski definition) is 4. The molecule has 25 heavy (non-hydrogen) atoms. The molecule has 3 rings (SSSR count). The summed E-state index contributed by atoms with van der Waals surface area (Å²) in [5.74, 6) is 0.665. The van der Waals surface area contributed by atoms with E-state index in [1.807, 2.05) is 49.4 Å². The molecule has 0 bridgehead atoms. The molecule has 0 unspecified atom stereocenters. The van der Waals surface area contributed by atoms with Gasteiger partial charge >= 0.3 is 0 Å². The molecule has 4 heteroatoms. The molecule has 0 spiro atoms. The molecule has 0 aliphatic carbocycles. The van der Waals surface area contributed by atoms with E-state index in [-0.39, 0.29) is 11.6 Å². The van der Waals surface area contributed by atoms with Gasteiger partial charge in [-0.15, -0.1) is 0 Å². The number of benzene rings is 2. The van der Waals surface area contributed by atoms with Gasteiger partial charge in [0.1, 0.15) is 5.82 Å². The first-order chi connectivity index (χ1) is 11.9. The molecule has 0 radical (unpaired) electrons. The van der Waals surface area contributed by atoms with E-state index in [4.69, 9.17) is 0 Å². The second kappa shape index (κ2) is 6.77. The molecule has 0 aliphatic heterocycles. The van der Waals surface area contributed by atoms with Crippen molar-refractivity contribution in [1.82, 2.24) is 9.97 Å². The van der Waals surface area contributed by atoms with Gasteiger partial charge < -0.3 is 0 Å². The van der Waals surface area contributed by atoms with E-state index in [1.165, 1.54) is 0 Å². The molecular formula is C21H18N2O2. The van der Waals surface area contributed by atoms with Crippen LogP contribution in [0.25, 0.3) is 22.5 Å². The minimum absolute atomic E-state index is 0.0158. The van der Waals surface area contributed by atoms with E-state index < -0.39 is 0 Å². The van der Waals surface area contributed by atoms with Crippen LogP contribution in [-0.4, -0.2) is 21.5 Å². The Hall–Kier alpha value is -3.14. The van der Waals surface area contributed by atoms with Crippen LogP contribution in [0, 0.1) is 6.92 Å². The predicted octanol–water partition coefficient (Wildman–Crippen LogP) is 4.52. The van der Waals surface area contributed by atoms with Crippen molar-refractivity contribution in [2.75, 3.05) is 0 Å². The monoisotopic (exact) mass is 330 g/mol. The Kier molecular flexibility index (Phi) is 4.52. The van der Waals surface area contributed by atoms with Gasteiger partial charge in [0, 0.05) is 22.3 Å². The summed E-state index contributed by atoms with van der Waals surface area (Å²) in [4.78, 5) is 32.2. The first-order valence-corrected chi connectivity index (χ1v) is 8.02. The SMILES string of the molecule is CC(=O)c1cccc(-c2cc(-c3cccc(C(C)=O)c3)nc(C)n2)c1. The van der Waals surface area contributed by atoms with E-state index in [1.54, 1.807) is 26.0 Å². The zero-order chi connectivity index (χ0) is 18.0. The summed E-state index contributed by atoms with van der Waals surface area (Å²) in [6.45, 7) is 4.92. The van der Waals surface area contributed by atoms with E-state index in [0.717, 1.165) is 22.5 Å². The third kappa shape index (κ3) is 3.69. The van der Waals surface area contributed by atoms with Crippen LogP contribution in [0.3, 0.4) is 0 Å². The fourth-order valence-electron chi connectivity index (χ4n) is 2.66. The van der Waals surface area contributed by atoms with Crippen LogP contribution in [0.2, 0.25) is 0 Å². The molecule has 0 amide bonds. The highest BCUT2D eigenvalue weighted by Crippen LogP contribution is 2.25. The van der Waals surface area contributed by atoms with Gasteiger partial charge in [0.2, 0.25) is 0 Å².